The number of anilines is 2. The molecule has 2 aliphatic rings. The Hall–Kier alpha value is -2.14. The van der Waals surface area contributed by atoms with Crippen LogP contribution in [0, 0.1) is 12.3 Å². The van der Waals surface area contributed by atoms with Crippen molar-refractivity contribution < 1.29 is 0 Å². The van der Waals surface area contributed by atoms with Gasteiger partial charge in [-0.1, -0.05) is 39.0 Å². The molecule has 8 nitrogen and oxygen atoms in total. The summed E-state index contributed by atoms with van der Waals surface area (Å²) in [6.45, 7) is 14.2. The van der Waals surface area contributed by atoms with Gasteiger partial charge in [0.05, 0.1) is 0 Å². The van der Waals surface area contributed by atoms with Gasteiger partial charge in [-0.15, -0.1) is 11.3 Å². The molecule has 34 heavy (non-hydrogen) atoms. The summed E-state index contributed by atoms with van der Waals surface area (Å²) in [6, 6.07) is 7.85. The molecule has 2 aliphatic heterocycles. The highest BCUT2D eigenvalue weighted by Crippen LogP contribution is 2.26. The summed E-state index contributed by atoms with van der Waals surface area (Å²) >= 11 is 3.19. The van der Waals surface area contributed by atoms with Gasteiger partial charge in [-0.05, 0) is 49.6 Å². The molecule has 1 fully saturated rings. The lowest BCUT2D eigenvalue weighted by Gasteiger charge is -2.38. The molecule has 0 bridgehead atoms. The molecule has 0 saturated carbocycles. The molecule has 0 aliphatic carbocycles. The van der Waals surface area contributed by atoms with Crippen LogP contribution < -0.4 is 16.4 Å². The average molecular weight is 501 g/mol. The van der Waals surface area contributed by atoms with Gasteiger partial charge in [0, 0.05) is 47.8 Å². The van der Waals surface area contributed by atoms with Crippen LogP contribution in [0.15, 0.2) is 45.3 Å². The number of aliphatic imine (C=N–C) groups is 2. The lowest BCUT2D eigenvalue weighted by molar-refractivity contribution is 0.0918. The number of benzene rings is 1. The number of aromatic nitrogens is 1. The molecule has 1 aromatic heterocycles. The number of hydrogen-bond acceptors (Lipinski definition) is 10. The van der Waals surface area contributed by atoms with Crippen molar-refractivity contribution in [3.8, 4) is 0 Å². The van der Waals surface area contributed by atoms with E-state index in [9.17, 15) is 0 Å². The molecule has 0 radical (unpaired) electrons. The second kappa shape index (κ2) is 11.1. The number of hydrogen-bond donors (Lipinski definition) is 3. The molecule has 1 atom stereocenters. The average Bonchev–Trinajstić information content (AvgIpc) is 3.24. The van der Waals surface area contributed by atoms with Crippen LogP contribution in [-0.4, -0.2) is 64.9 Å². The highest BCUT2D eigenvalue weighted by atomic mass is 32.2. The van der Waals surface area contributed by atoms with Gasteiger partial charge in [0.2, 0.25) is 12.2 Å². The van der Waals surface area contributed by atoms with E-state index in [1.54, 1.807) is 23.1 Å². The fourth-order valence-electron chi connectivity index (χ4n) is 3.71. The van der Waals surface area contributed by atoms with Gasteiger partial charge in [-0.2, -0.15) is 0 Å². The summed E-state index contributed by atoms with van der Waals surface area (Å²) in [4.78, 5) is 21.4. The molecule has 2 aromatic rings. The Morgan fingerprint density at radius 3 is 2.56 bits per heavy atom. The van der Waals surface area contributed by atoms with E-state index in [1.165, 1.54) is 12.8 Å². The number of nitrogens with zero attached hydrogens (tertiary/aromatic N) is 5. The van der Waals surface area contributed by atoms with Crippen LogP contribution in [0.25, 0.3) is 0 Å². The Morgan fingerprint density at radius 1 is 1.18 bits per heavy atom. The van der Waals surface area contributed by atoms with Gasteiger partial charge in [0.1, 0.15) is 0 Å². The number of rotatable bonds is 7. The molecule has 0 spiro atoms. The van der Waals surface area contributed by atoms with Crippen molar-refractivity contribution in [2.24, 2.45) is 15.4 Å². The minimum atomic E-state index is -0.254. The summed E-state index contributed by atoms with van der Waals surface area (Å²) in [5.74, 6) is 0.680. The van der Waals surface area contributed by atoms with Crippen molar-refractivity contribution in [3.63, 3.8) is 0 Å². The Kier molecular flexibility index (Phi) is 8.13. The number of aryl methyl sites for hydroxylation is 1. The SMILES string of the molecule is CCC(C)(C)CCN1CCN(C2N=C(Nc3ncc(C)s3)NC(Sc3ccc(N)cc3)=N2)CC1. The molecule has 10 heteroatoms. The largest absolute Gasteiger partial charge is 0.399 e. The van der Waals surface area contributed by atoms with E-state index in [2.05, 4.69) is 46.2 Å². The highest BCUT2D eigenvalue weighted by Gasteiger charge is 2.28. The Bertz CT molecular complexity index is 1010. The fraction of sp³-hybridized carbons (Fsp3) is 0.542. The van der Waals surface area contributed by atoms with Gasteiger partial charge in [-0.25, -0.2) is 15.0 Å². The molecular formula is C24H36N8S2. The maximum atomic E-state index is 5.85. The lowest BCUT2D eigenvalue weighted by atomic mass is 9.86. The Balaban J connectivity index is 1.43. The lowest BCUT2D eigenvalue weighted by Crippen LogP contribution is -2.52. The van der Waals surface area contributed by atoms with Gasteiger partial charge < -0.3 is 21.3 Å². The first-order chi connectivity index (χ1) is 16.3. The minimum absolute atomic E-state index is 0.254. The van der Waals surface area contributed by atoms with Crippen molar-refractivity contribution >= 4 is 45.0 Å². The topological polar surface area (TPSA) is 94.2 Å². The predicted molar refractivity (Wildman–Crippen MR) is 146 cm³/mol. The van der Waals surface area contributed by atoms with E-state index in [1.807, 2.05) is 37.4 Å². The van der Waals surface area contributed by atoms with E-state index in [0.29, 0.717) is 11.4 Å². The molecule has 1 aromatic carbocycles. The smallest absolute Gasteiger partial charge is 0.207 e. The maximum absolute atomic E-state index is 5.85. The Morgan fingerprint density at radius 2 is 1.91 bits per heavy atom. The standard InChI is InChI=1S/C24H36N8S2/c1-5-24(3,4)10-11-31-12-14-32(15-13-31)21-27-20(28-22-26-16-17(2)33-22)29-23(30-21)34-19-8-6-18(25)7-9-19/h6-9,16,21H,5,10-15,25H2,1-4H3,(H2,26,27,28,29,30). The normalized spacial score (nSPS) is 19.9. The van der Waals surface area contributed by atoms with Crippen LogP contribution in [0.4, 0.5) is 10.8 Å². The first-order valence-corrected chi connectivity index (χ1v) is 13.5. The van der Waals surface area contributed by atoms with E-state index in [-0.39, 0.29) is 6.29 Å². The molecule has 4 rings (SSSR count). The van der Waals surface area contributed by atoms with Gasteiger partial charge in [0.25, 0.3) is 0 Å². The molecular weight excluding hydrogens is 464 g/mol. The zero-order valence-electron chi connectivity index (χ0n) is 20.5. The van der Waals surface area contributed by atoms with Gasteiger partial charge in [0.15, 0.2) is 10.3 Å². The second-order valence-electron chi connectivity index (χ2n) is 9.60. The van der Waals surface area contributed by atoms with Crippen molar-refractivity contribution in [3.05, 3.63) is 35.3 Å². The van der Waals surface area contributed by atoms with Crippen LogP contribution in [0.2, 0.25) is 0 Å². The van der Waals surface area contributed by atoms with Crippen LogP contribution in [-0.2, 0) is 0 Å². The molecule has 3 heterocycles. The summed E-state index contributed by atoms with van der Waals surface area (Å²) < 4.78 is 0. The summed E-state index contributed by atoms with van der Waals surface area (Å²) in [6.07, 6.45) is 4.06. The monoisotopic (exact) mass is 500 g/mol. The third-order valence-electron chi connectivity index (χ3n) is 6.44. The van der Waals surface area contributed by atoms with E-state index in [4.69, 9.17) is 15.7 Å². The highest BCUT2D eigenvalue weighted by molar-refractivity contribution is 8.13. The summed E-state index contributed by atoms with van der Waals surface area (Å²) in [5, 5.41) is 8.32. The maximum Gasteiger partial charge on any atom is 0.207 e. The summed E-state index contributed by atoms with van der Waals surface area (Å²) in [7, 11) is 0. The van der Waals surface area contributed by atoms with E-state index >= 15 is 0 Å². The number of piperazine rings is 1. The number of nitrogens with one attached hydrogen (secondary N) is 2. The van der Waals surface area contributed by atoms with E-state index < -0.39 is 0 Å². The molecule has 0 amide bonds. The van der Waals surface area contributed by atoms with Crippen molar-refractivity contribution in [2.75, 3.05) is 43.8 Å². The third-order valence-corrected chi connectivity index (χ3v) is 8.18. The van der Waals surface area contributed by atoms with Crippen molar-refractivity contribution in [1.82, 2.24) is 20.1 Å². The predicted octanol–water partition coefficient (Wildman–Crippen LogP) is 4.28. The first-order valence-electron chi connectivity index (χ1n) is 11.9. The van der Waals surface area contributed by atoms with Gasteiger partial charge in [-0.3, -0.25) is 4.90 Å². The molecule has 1 unspecified atom stereocenters. The zero-order valence-corrected chi connectivity index (χ0v) is 22.2. The number of nitrogens with two attached hydrogens (primary N) is 1. The number of nitrogen functional groups attached to an aromatic ring is 1. The second-order valence-corrected chi connectivity index (χ2v) is 11.9. The van der Waals surface area contributed by atoms with Gasteiger partial charge >= 0.3 is 0 Å². The van der Waals surface area contributed by atoms with Crippen molar-refractivity contribution in [2.45, 2.75) is 51.7 Å². The van der Waals surface area contributed by atoms with Crippen LogP contribution in [0.5, 0.6) is 0 Å². The summed E-state index contributed by atoms with van der Waals surface area (Å²) in [5.41, 5.74) is 7.01. The number of thioether (sulfide) groups is 1. The van der Waals surface area contributed by atoms with Crippen LogP contribution in [0.3, 0.4) is 0 Å². The quantitative estimate of drug-likeness (QED) is 0.489. The third kappa shape index (κ3) is 6.94. The van der Waals surface area contributed by atoms with Crippen LogP contribution >= 0.6 is 23.1 Å². The van der Waals surface area contributed by atoms with E-state index in [0.717, 1.165) is 58.5 Å². The number of amidine groups is 1. The first kappa shape index (κ1) is 25.0. The fourth-order valence-corrected chi connectivity index (χ4v) is 5.16. The minimum Gasteiger partial charge on any atom is -0.399 e. The number of thiazole rings is 1. The zero-order chi connectivity index (χ0) is 24.1. The molecule has 184 valence electrons. The van der Waals surface area contributed by atoms with Crippen LogP contribution in [0.1, 0.15) is 38.5 Å². The molecule has 1 saturated heterocycles. The Labute approximate surface area is 211 Å². The number of guanidine groups is 1. The molecule has 4 N–H and O–H groups in total. The van der Waals surface area contributed by atoms with Crippen molar-refractivity contribution in [1.29, 1.82) is 0 Å².